The molecule has 0 saturated carbocycles. The van der Waals surface area contributed by atoms with E-state index in [0.717, 1.165) is 11.3 Å². The van der Waals surface area contributed by atoms with Gasteiger partial charge >= 0.3 is 0 Å². The molecule has 0 radical (unpaired) electrons. The van der Waals surface area contributed by atoms with Crippen molar-refractivity contribution in [3.8, 4) is 0 Å². The van der Waals surface area contributed by atoms with Crippen molar-refractivity contribution < 1.29 is 0 Å². The molecule has 2 N–H and O–H groups in total. The molecule has 0 amide bonds. The number of nitrogens with two attached hydrogens (primary N) is 1. The van der Waals surface area contributed by atoms with Gasteiger partial charge in [-0.05, 0) is 18.1 Å². The first kappa shape index (κ1) is 14.4. The van der Waals surface area contributed by atoms with E-state index in [1.54, 1.807) is 4.68 Å². The molecule has 2 aromatic rings. The Labute approximate surface area is 119 Å². The maximum absolute atomic E-state index is 12.4. The van der Waals surface area contributed by atoms with Crippen molar-refractivity contribution in [2.75, 3.05) is 5.73 Å². The van der Waals surface area contributed by atoms with Crippen LogP contribution >= 0.6 is 0 Å². The van der Waals surface area contributed by atoms with Crippen LogP contribution in [0.15, 0.2) is 29.1 Å². The molecule has 0 unspecified atom stereocenters. The van der Waals surface area contributed by atoms with Gasteiger partial charge in [0, 0.05) is 12.5 Å². The second kappa shape index (κ2) is 4.85. The Morgan fingerprint density at radius 2 is 1.80 bits per heavy atom. The highest BCUT2D eigenvalue weighted by Gasteiger charge is 2.25. The van der Waals surface area contributed by atoms with E-state index in [-0.39, 0.29) is 11.0 Å². The maximum Gasteiger partial charge on any atom is 0.290 e. The van der Waals surface area contributed by atoms with Gasteiger partial charge < -0.3 is 5.73 Å². The SMILES string of the molecule is Cc1ccccc1Cn1c(=O)c(N)c(C(C)(C)C)n1C. The Kier molecular flexibility index (Phi) is 3.50. The molecule has 1 aromatic carbocycles. The van der Waals surface area contributed by atoms with Crippen LogP contribution in [-0.2, 0) is 19.0 Å². The highest BCUT2D eigenvalue weighted by Crippen LogP contribution is 2.25. The van der Waals surface area contributed by atoms with Crippen LogP contribution in [-0.4, -0.2) is 9.36 Å². The van der Waals surface area contributed by atoms with Gasteiger partial charge in [0.15, 0.2) is 0 Å². The summed E-state index contributed by atoms with van der Waals surface area (Å²) in [6.07, 6.45) is 0. The minimum absolute atomic E-state index is 0.110. The predicted molar refractivity (Wildman–Crippen MR) is 83.1 cm³/mol. The van der Waals surface area contributed by atoms with Gasteiger partial charge in [-0.2, -0.15) is 0 Å². The lowest BCUT2D eigenvalue weighted by Crippen LogP contribution is -2.24. The van der Waals surface area contributed by atoms with Crippen molar-refractivity contribution in [2.24, 2.45) is 7.05 Å². The molecule has 1 heterocycles. The number of nitrogen functional groups attached to an aromatic ring is 1. The molecule has 20 heavy (non-hydrogen) atoms. The lowest BCUT2D eigenvalue weighted by atomic mass is 9.91. The predicted octanol–water partition coefficient (Wildman–Crippen LogP) is 2.42. The second-order valence-electron chi connectivity index (χ2n) is 6.33. The Bertz CT molecular complexity index is 687. The van der Waals surface area contributed by atoms with Gasteiger partial charge in [-0.1, -0.05) is 45.0 Å². The van der Waals surface area contributed by atoms with Crippen molar-refractivity contribution in [3.63, 3.8) is 0 Å². The number of aromatic nitrogens is 2. The molecule has 4 heteroatoms. The first-order chi connectivity index (χ1) is 9.23. The van der Waals surface area contributed by atoms with Crippen LogP contribution in [0.2, 0.25) is 0 Å². The minimum atomic E-state index is -0.158. The van der Waals surface area contributed by atoms with Crippen molar-refractivity contribution in [2.45, 2.75) is 39.7 Å². The van der Waals surface area contributed by atoms with Crippen LogP contribution in [0.5, 0.6) is 0 Å². The Morgan fingerprint density at radius 3 is 2.30 bits per heavy atom. The van der Waals surface area contributed by atoms with E-state index in [9.17, 15) is 4.79 Å². The summed E-state index contributed by atoms with van der Waals surface area (Å²) in [5, 5.41) is 0. The van der Waals surface area contributed by atoms with Gasteiger partial charge in [-0.15, -0.1) is 0 Å². The summed E-state index contributed by atoms with van der Waals surface area (Å²) in [6, 6.07) is 8.09. The molecule has 0 aliphatic carbocycles. The lowest BCUT2D eigenvalue weighted by molar-refractivity contribution is 0.461. The summed E-state index contributed by atoms with van der Waals surface area (Å²) in [4.78, 5) is 12.4. The van der Waals surface area contributed by atoms with Crippen LogP contribution in [0.1, 0.15) is 37.6 Å². The zero-order chi connectivity index (χ0) is 15.1. The third-order valence-electron chi connectivity index (χ3n) is 3.70. The van der Waals surface area contributed by atoms with E-state index in [1.807, 2.05) is 29.9 Å². The Morgan fingerprint density at radius 1 is 1.20 bits per heavy atom. The molecular formula is C16H23N3O. The summed E-state index contributed by atoms with van der Waals surface area (Å²) in [5.74, 6) is 0. The summed E-state index contributed by atoms with van der Waals surface area (Å²) in [7, 11) is 1.90. The highest BCUT2D eigenvalue weighted by molar-refractivity contribution is 5.45. The summed E-state index contributed by atoms with van der Waals surface area (Å²) in [5.41, 5.74) is 9.31. The first-order valence-electron chi connectivity index (χ1n) is 6.83. The van der Waals surface area contributed by atoms with Crippen molar-refractivity contribution in [3.05, 3.63) is 51.4 Å². The van der Waals surface area contributed by atoms with Gasteiger partial charge in [-0.25, -0.2) is 4.68 Å². The van der Waals surface area contributed by atoms with Crippen molar-refractivity contribution >= 4 is 5.69 Å². The van der Waals surface area contributed by atoms with Gasteiger partial charge in [0.25, 0.3) is 5.56 Å². The molecule has 108 valence electrons. The molecule has 0 saturated heterocycles. The third-order valence-corrected chi connectivity index (χ3v) is 3.70. The van der Waals surface area contributed by atoms with E-state index in [1.165, 1.54) is 5.56 Å². The van der Waals surface area contributed by atoms with E-state index in [4.69, 9.17) is 5.73 Å². The number of nitrogens with zero attached hydrogens (tertiary/aromatic N) is 2. The zero-order valence-electron chi connectivity index (χ0n) is 12.9. The number of benzene rings is 1. The van der Waals surface area contributed by atoms with Crippen LogP contribution in [0.3, 0.4) is 0 Å². The minimum Gasteiger partial charge on any atom is -0.393 e. The van der Waals surface area contributed by atoms with Gasteiger partial charge in [0.1, 0.15) is 5.69 Å². The Hall–Kier alpha value is -1.97. The van der Waals surface area contributed by atoms with E-state index in [0.29, 0.717) is 12.2 Å². The third kappa shape index (κ3) is 2.38. The summed E-state index contributed by atoms with van der Waals surface area (Å²) < 4.78 is 3.60. The Balaban J connectivity index is 2.55. The number of hydrogen-bond donors (Lipinski definition) is 1. The van der Waals surface area contributed by atoms with E-state index >= 15 is 0 Å². The van der Waals surface area contributed by atoms with Crippen LogP contribution < -0.4 is 11.3 Å². The van der Waals surface area contributed by atoms with Crippen LogP contribution in [0.4, 0.5) is 5.69 Å². The normalized spacial score (nSPS) is 11.8. The van der Waals surface area contributed by atoms with Crippen LogP contribution in [0, 0.1) is 6.92 Å². The number of rotatable bonds is 2. The maximum atomic E-state index is 12.4. The highest BCUT2D eigenvalue weighted by atomic mass is 16.1. The van der Waals surface area contributed by atoms with E-state index < -0.39 is 0 Å². The smallest absolute Gasteiger partial charge is 0.290 e. The monoisotopic (exact) mass is 273 g/mol. The quantitative estimate of drug-likeness (QED) is 0.913. The lowest BCUT2D eigenvalue weighted by Gasteiger charge is -2.21. The fourth-order valence-corrected chi connectivity index (χ4v) is 2.69. The number of anilines is 1. The van der Waals surface area contributed by atoms with Crippen LogP contribution in [0.25, 0.3) is 0 Å². The molecule has 0 bridgehead atoms. The molecule has 0 fully saturated rings. The number of hydrogen-bond acceptors (Lipinski definition) is 2. The van der Waals surface area contributed by atoms with Gasteiger partial charge in [0.2, 0.25) is 0 Å². The molecule has 1 aromatic heterocycles. The molecule has 0 atom stereocenters. The summed E-state index contributed by atoms with van der Waals surface area (Å²) in [6.45, 7) is 8.79. The number of aryl methyl sites for hydroxylation is 1. The first-order valence-corrected chi connectivity index (χ1v) is 6.83. The summed E-state index contributed by atoms with van der Waals surface area (Å²) >= 11 is 0. The fraction of sp³-hybridized carbons (Fsp3) is 0.438. The molecule has 0 spiro atoms. The molecule has 4 nitrogen and oxygen atoms in total. The van der Waals surface area contributed by atoms with Crippen molar-refractivity contribution in [1.29, 1.82) is 0 Å². The molecule has 0 aliphatic heterocycles. The van der Waals surface area contributed by atoms with Crippen molar-refractivity contribution in [1.82, 2.24) is 9.36 Å². The molecular weight excluding hydrogens is 250 g/mol. The molecule has 2 rings (SSSR count). The van der Waals surface area contributed by atoms with E-state index in [2.05, 4.69) is 33.8 Å². The average molecular weight is 273 g/mol. The van der Waals surface area contributed by atoms with Gasteiger partial charge in [-0.3, -0.25) is 9.48 Å². The second-order valence-corrected chi connectivity index (χ2v) is 6.33. The molecule has 0 aliphatic rings. The topological polar surface area (TPSA) is 52.9 Å². The standard InChI is InChI=1S/C16H23N3O/c1-11-8-6-7-9-12(11)10-19-15(20)13(17)14(18(19)5)16(2,3)4/h6-9H,10,17H2,1-5H3. The average Bonchev–Trinajstić information content (AvgIpc) is 2.55. The van der Waals surface area contributed by atoms with Gasteiger partial charge in [0.05, 0.1) is 12.2 Å². The largest absolute Gasteiger partial charge is 0.393 e. The fourth-order valence-electron chi connectivity index (χ4n) is 2.69. The zero-order valence-corrected chi connectivity index (χ0v) is 12.9.